The van der Waals surface area contributed by atoms with Crippen molar-refractivity contribution in [2.45, 2.75) is 23.9 Å². The highest BCUT2D eigenvalue weighted by atomic mass is 32.2. The summed E-state index contributed by atoms with van der Waals surface area (Å²) < 4.78 is 28.4. The molecule has 3 rings (SSSR count). The number of hydrogen-bond donors (Lipinski definition) is 1. The van der Waals surface area contributed by atoms with Crippen LogP contribution in [0.2, 0.25) is 0 Å². The van der Waals surface area contributed by atoms with E-state index in [2.05, 4.69) is 9.97 Å². The van der Waals surface area contributed by atoms with Gasteiger partial charge >= 0.3 is 0 Å². The fraction of sp³-hybridized carbons (Fsp3) is 0.455. The fourth-order valence-electron chi connectivity index (χ4n) is 2.42. The van der Waals surface area contributed by atoms with Gasteiger partial charge in [-0.15, -0.1) is 11.3 Å². The van der Waals surface area contributed by atoms with Crippen LogP contribution in [0, 0.1) is 0 Å². The third kappa shape index (κ3) is 2.21. The Morgan fingerprint density at radius 3 is 2.90 bits per heavy atom. The maximum Gasteiger partial charge on any atom is 0.262 e. The summed E-state index contributed by atoms with van der Waals surface area (Å²) in [6.45, 7) is 0.487. The Morgan fingerprint density at radius 2 is 2.30 bits per heavy atom. The van der Waals surface area contributed by atoms with Crippen LogP contribution >= 0.6 is 11.3 Å². The molecule has 0 saturated carbocycles. The van der Waals surface area contributed by atoms with E-state index in [1.807, 2.05) is 5.38 Å². The smallest absolute Gasteiger partial charge is 0.262 e. The second-order valence-electron chi connectivity index (χ2n) is 4.76. The van der Waals surface area contributed by atoms with Crippen molar-refractivity contribution in [3.63, 3.8) is 0 Å². The van der Waals surface area contributed by atoms with Crippen LogP contribution in [-0.4, -0.2) is 33.8 Å². The van der Waals surface area contributed by atoms with E-state index in [4.69, 9.17) is 5.73 Å². The number of thiazole rings is 1. The van der Waals surface area contributed by atoms with E-state index >= 15 is 0 Å². The van der Waals surface area contributed by atoms with Crippen molar-refractivity contribution < 1.29 is 8.42 Å². The highest BCUT2D eigenvalue weighted by Gasteiger charge is 2.38. The minimum absolute atomic E-state index is 0.0788. The van der Waals surface area contributed by atoms with Crippen LogP contribution in [0.1, 0.15) is 24.6 Å². The molecule has 20 heavy (non-hydrogen) atoms. The predicted molar refractivity (Wildman–Crippen MR) is 75.6 cm³/mol. The molecule has 0 amide bonds. The van der Waals surface area contributed by atoms with E-state index in [9.17, 15) is 8.42 Å². The number of hydrogen-bond acceptors (Lipinski definition) is 6. The Balaban J connectivity index is 1.96. The Labute approximate surface area is 121 Å². The number of nitrogens with two attached hydrogens (primary N) is 1. The van der Waals surface area contributed by atoms with Gasteiger partial charge in [0.15, 0.2) is 10.2 Å². The average molecular weight is 313 g/mol. The summed E-state index contributed by atoms with van der Waals surface area (Å²) in [6.07, 6.45) is 4.57. The van der Waals surface area contributed by atoms with E-state index in [1.165, 1.54) is 28.2 Å². The largest absolute Gasteiger partial charge is 0.375 e. The maximum atomic E-state index is 12.6. The first-order chi connectivity index (χ1) is 9.48. The van der Waals surface area contributed by atoms with Crippen molar-refractivity contribution in [3.8, 4) is 0 Å². The van der Waals surface area contributed by atoms with Gasteiger partial charge in [0.2, 0.25) is 0 Å². The highest BCUT2D eigenvalue weighted by molar-refractivity contribution is 7.89. The first-order valence-electron chi connectivity index (χ1n) is 6.19. The Bertz CT molecular complexity index is 721. The molecule has 0 bridgehead atoms. The van der Waals surface area contributed by atoms with Crippen molar-refractivity contribution >= 4 is 26.5 Å². The van der Waals surface area contributed by atoms with Crippen LogP contribution in [0.4, 0.5) is 5.13 Å². The maximum absolute atomic E-state index is 12.6. The van der Waals surface area contributed by atoms with Gasteiger partial charge in [0.1, 0.15) is 0 Å². The number of sulfonamides is 1. The summed E-state index contributed by atoms with van der Waals surface area (Å²) in [5.41, 5.74) is 6.37. The summed E-state index contributed by atoms with van der Waals surface area (Å²) >= 11 is 1.33. The number of nitrogen functional groups attached to an aromatic ring is 1. The Morgan fingerprint density at radius 1 is 1.50 bits per heavy atom. The molecule has 2 aromatic rings. The van der Waals surface area contributed by atoms with E-state index in [0.29, 0.717) is 11.7 Å². The summed E-state index contributed by atoms with van der Waals surface area (Å²) in [6, 6.07) is -0.240. The van der Waals surface area contributed by atoms with Gasteiger partial charge in [-0.05, 0) is 12.8 Å². The van der Waals surface area contributed by atoms with Crippen LogP contribution in [-0.2, 0) is 17.1 Å². The van der Waals surface area contributed by atoms with E-state index in [1.54, 1.807) is 11.6 Å². The third-order valence-electron chi connectivity index (χ3n) is 3.34. The van der Waals surface area contributed by atoms with E-state index in [-0.39, 0.29) is 11.1 Å². The van der Waals surface area contributed by atoms with Gasteiger partial charge in [0.05, 0.1) is 18.1 Å². The number of anilines is 1. The van der Waals surface area contributed by atoms with Crippen LogP contribution in [0.25, 0.3) is 0 Å². The quantitative estimate of drug-likeness (QED) is 0.911. The summed E-state index contributed by atoms with van der Waals surface area (Å²) in [5, 5.41) is 2.36. The molecule has 1 atom stereocenters. The van der Waals surface area contributed by atoms with Gasteiger partial charge in [0.25, 0.3) is 10.0 Å². The van der Waals surface area contributed by atoms with E-state index in [0.717, 1.165) is 18.5 Å². The van der Waals surface area contributed by atoms with Crippen molar-refractivity contribution in [1.82, 2.24) is 18.8 Å². The highest BCUT2D eigenvalue weighted by Crippen LogP contribution is 2.36. The Hall–Kier alpha value is -1.45. The molecule has 2 aromatic heterocycles. The predicted octanol–water partition coefficient (Wildman–Crippen LogP) is 0.985. The van der Waals surface area contributed by atoms with Crippen LogP contribution in [0.15, 0.2) is 22.9 Å². The van der Waals surface area contributed by atoms with Gasteiger partial charge in [-0.3, -0.25) is 0 Å². The molecule has 1 aliphatic heterocycles. The number of imidazole rings is 1. The molecular weight excluding hydrogens is 298 g/mol. The third-order valence-corrected chi connectivity index (χ3v) is 5.83. The zero-order chi connectivity index (χ0) is 14.3. The molecule has 3 heterocycles. The molecule has 0 aromatic carbocycles. The van der Waals surface area contributed by atoms with Crippen molar-refractivity contribution in [2.75, 3.05) is 12.3 Å². The van der Waals surface area contributed by atoms with Gasteiger partial charge in [-0.2, -0.15) is 4.31 Å². The molecule has 0 spiro atoms. The molecular formula is C11H15N5O2S2. The molecule has 9 heteroatoms. The van der Waals surface area contributed by atoms with Crippen LogP contribution < -0.4 is 5.73 Å². The first kappa shape index (κ1) is 13.5. The second-order valence-corrected chi connectivity index (χ2v) is 7.49. The molecule has 0 aliphatic carbocycles. The molecule has 7 nitrogen and oxygen atoms in total. The molecule has 0 unspecified atom stereocenters. The fourth-order valence-corrected chi connectivity index (χ4v) is 4.67. The van der Waals surface area contributed by atoms with Gasteiger partial charge < -0.3 is 10.3 Å². The first-order valence-corrected chi connectivity index (χ1v) is 8.51. The molecule has 1 aliphatic rings. The normalized spacial score (nSPS) is 20.6. The number of rotatable bonds is 3. The zero-order valence-corrected chi connectivity index (χ0v) is 12.6. The second kappa shape index (κ2) is 4.83. The van der Waals surface area contributed by atoms with Crippen LogP contribution in [0.5, 0.6) is 0 Å². The lowest BCUT2D eigenvalue weighted by Crippen LogP contribution is -2.31. The Kier molecular flexibility index (Phi) is 3.27. The van der Waals surface area contributed by atoms with Gasteiger partial charge in [-0.25, -0.2) is 18.4 Å². The molecule has 2 N–H and O–H groups in total. The zero-order valence-electron chi connectivity index (χ0n) is 10.9. The standard InChI is InChI=1S/C11H15N5O2S2/c1-15-5-10(13-7-15)20(17,18)16-4-2-3-9(16)8-6-19-11(12)14-8/h5-7,9H,2-4H2,1H3,(H2,12,14)/t9-/m0/s1. The molecule has 0 radical (unpaired) electrons. The van der Waals surface area contributed by atoms with Crippen molar-refractivity contribution in [3.05, 3.63) is 23.6 Å². The molecule has 1 fully saturated rings. The number of nitrogens with zero attached hydrogens (tertiary/aromatic N) is 4. The summed E-state index contributed by atoms with van der Waals surface area (Å²) in [5.74, 6) is 0. The lowest BCUT2D eigenvalue weighted by molar-refractivity contribution is 0.390. The minimum Gasteiger partial charge on any atom is -0.375 e. The molecule has 108 valence electrons. The van der Waals surface area contributed by atoms with Gasteiger partial charge in [0, 0.05) is 25.2 Å². The van der Waals surface area contributed by atoms with E-state index < -0.39 is 10.0 Å². The topological polar surface area (TPSA) is 94.1 Å². The summed E-state index contributed by atoms with van der Waals surface area (Å²) in [4.78, 5) is 8.18. The monoisotopic (exact) mass is 313 g/mol. The van der Waals surface area contributed by atoms with Gasteiger partial charge in [-0.1, -0.05) is 0 Å². The SMILES string of the molecule is Cn1cnc(S(=O)(=O)N2CCC[C@H]2c2csc(N)n2)c1. The number of aryl methyl sites for hydroxylation is 1. The van der Waals surface area contributed by atoms with Crippen molar-refractivity contribution in [2.24, 2.45) is 7.05 Å². The number of aromatic nitrogens is 3. The summed E-state index contributed by atoms with van der Waals surface area (Å²) in [7, 11) is -1.84. The lowest BCUT2D eigenvalue weighted by atomic mass is 10.2. The minimum atomic E-state index is -3.58. The lowest BCUT2D eigenvalue weighted by Gasteiger charge is -2.21. The van der Waals surface area contributed by atoms with Crippen molar-refractivity contribution in [1.29, 1.82) is 0 Å². The average Bonchev–Trinajstić information content (AvgIpc) is 3.07. The molecule has 1 saturated heterocycles. The van der Waals surface area contributed by atoms with Crippen LogP contribution in [0.3, 0.4) is 0 Å².